The Bertz CT molecular complexity index is 1050. The Hall–Kier alpha value is -3.00. The van der Waals surface area contributed by atoms with Crippen LogP contribution in [0.4, 0.5) is 5.69 Å². The summed E-state index contributed by atoms with van der Waals surface area (Å²) >= 11 is 6.21. The van der Waals surface area contributed by atoms with Gasteiger partial charge in [0, 0.05) is 49.9 Å². The molecule has 4 rings (SSSR count). The van der Waals surface area contributed by atoms with Gasteiger partial charge in [-0.3, -0.25) is 9.39 Å². The van der Waals surface area contributed by atoms with Gasteiger partial charge in [0.25, 0.3) is 0 Å². The molecule has 0 saturated carbocycles. The van der Waals surface area contributed by atoms with Gasteiger partial charge in [0.1, 0.15) is 11.6 Å². The first-order valence-corrected chi connectivity index (χ1v) is 11.0. The van der Waals surface area contributed by atoms with Gasteiger partial charge in [-0.2, -0.15) is 0 Å². The average molecular weight is 442 g/mol. The van der Waals surface area contributed by atoms with Crippen molar-refractivity contribution in [1.82, 2.24) is 25.2 Å². The number of guanidine groups is 1. The molecule has 164 valence electrons. The zero-order chi connectivity index (χ0) is 21.6. The third kappa shape index (κ3) is 5.02. The van der Waals surface area contributed by atoms with Gasteiger partial charge in [-0.15, -0.1) is 10.2 Å². The second kappa shape index (κ2) is 9.87. The van der Waals surface area contributed by atoms with E-state index in [2.05, 4.69) is 32.7 Å². The summed E-state index contributed by atoms with van der Waals surface area (Å²) in [4.78, 5) is 7.05. The number of nitrogens with one attached hydrogen (secondary N) is 2. The number of fused-ring (bicyclic) bond motifs is 1. The quantitative estimate of drug-likeness (QED) is 0.433. The van der Waals surface area contributed by atoms with Gasteiger partial charge >= 0.3 is 0 Å². The number of methoxy groups -OCH3 is 1. The maximum atomic E-state index is 6.21. The van der Waals surface area contributed by atoms with Gasteiger partial charge in [-0.05, 0) is 43.7 Å². The van der Waals surface area contributed by atoms with Crippen LogP contribution in [0.15, 0.2) is 47.6 Å². The SMILES string of the molecule is CCNC(=NCCc1nnc2ccccn12)NC1CCN(c2cc(Cl)ccc2OC)C1. The molecule has 0 radical (unpaired) electrons. The zero-order valence-electron chi connectivity index (χ0n) is 17.9. The van der Waals surface area contributed by atoms with Crippen LogP contribution in [0.25, 0.3) is 5.65 Å². The Kier molecular flexibility index (Phi) is 6.76. The van der Waals surface area contributed by atoms with Gasteiger partial charge in [0.05, 0.1) is 12.8 Å². The van der Waals surface area contributed by atoms with Crippen LogP contribution in [-0.2, 0) is 6.42 Å². The highest BCUT2D eigenvalue weighted by Gasteiger charge is 2.25. The summed E-state index contributed by atoms with van der Waals surface area (Å²) in [6.07, 6.45) is 3.71. The number of ether oxygens (including phenoxy) is 1. The molecule has 1 aliphatic rings. The van der Waals surface area contributed by atoms with Gasteiger partial charge in [-0.25, -0.2) is 0 Å². The molecule has 0 spiro atoms. The Balaban J connectivity index is 1.38. The minimum atomic E-state index is 0.287. The van der Waals surface area contributed by atoms with Crippen LogP contribution in [0.5, 0.6) is 5.75 Å². The van der Waals surface area contributed by atoms with Crippen LogP contribution < -0.4 is 20.3 Å². The summed E-state index contributed by atoms with van der Waals surface area (Å²) in [6, 6.07) is 11.9. The summed E-state index contributed by atoms with van der Waals surface area (Å²) in [5.41, 5.74) is 1.88. The molecule has 1 atom stereocenters. The van der Waals surface area contributed by atoms with E-state index in [0.717, 1.165) is 61.3 Å². The maximum Gasteiger partial charge on any atom is 0.191 e. The van der Waals surface area contributed by atoms with Crippen LogP contribution in [0.1, 0.15) is 19.2 Å². The fraction of sp³-hybridized carbons (Fsp3) is 0.409. The van der Waals surface area contributed by atoms with E-state index in [1.807, 2.05) is 47.0 Å². The van der Waals surface area contributed by atoms with E-state index in [4.69, 9.17) is 21.3 Å². The normalized spacial score (nSPS) is 16.7. The molecule has 0 amide bonds. The second-order valence-corrected chi connectivity index (χ2v) is 7.88. The zero-order valence-corrected chi connectivity index (χ0v) is 18.6. The van der Waals surface area contributed by atoms with E-state index in [-0.39, 0.29) is 6.04 Å². The minimum absolute atomic E-state index is 0.287. The minimum Gasteiger partial charge on any atom is -0.495 e. The van der Waals surface area contributed by atoms with E-state index in [0.29, 0.717) is 11.6 Å². The summed E-state index contributed by atoms with van der Waals surface area (Å²) < 4.78 is 7.52. The van der Waals surface area contributed by atoms with Crippen LogP contribution >= 0.6 is 11.6 Å². The molecule has 0 bridgehead atoms. The van der Waals surface area contributed by atoms with Gasteiger partial charge in [0.15, 0.2) is 11.6 Å². The lowest BCUT2D eigenvalue weighted by Gasteiger charge is -2.22. The van der Waals surface area contributed by atoms with Crippen molar-refractivity contribution in [3.63, 3.8) is 0 Å². The predicted molar refractivity (Wildman–Crippen MR) is 124 cm³/mol. The number of pyridine rings is 1. The number of rotatable bonds is 7. The number of aromatic nitrogens is 3. The smallest absolute Gasteiger partial charge is 0.191 e. The molecule has 1 aromatic carbocycles. The van der Waals surface area contributed by atoms with Crippen molar-refractivity contribution in [3.05, 3.63) is 53.4 Å². The lowest BCUT2D eigenvalue weighted by atomic mass is 10.2. The molecule has 9 heteroatoms. The number of hydrogen-bond donors (Lipinski definition) is 2. The molecule has 0 aliphatic carbocycles. The Morgan fingerprint density at radius 2 is 2.19 bits per heavy atom. The Morgan fingerprint density at radius 3 is 3.03 bits per heavy atom. The largest absolute Gasteiger partial charge is 0.495 e. The van der Waals surface area contributed by atoms with Crippen LogP contribution in [0, 0.1) is 0 Å². The summed E-state index contributed by atoms with van der Waals surface area (Å²) in [5.74, 6) is 2.57. The molecule has 2 N–H and O–H groups in total. The summed E-state index contributed by atoms with van der Waals surface area (Å²) in [6.45, 7) is 5.29. The van der Waals surface area contributed by atoms with Crippen molar-refractivity contribution in [1.29, 1.82) is 0 Å². The fourth-order valence-corrected chi connectivity index (χ4v) is 4.02. The summed E-state index contributed by atoms with van der Waals surface area (Å²) in [7, 11) is 1.69. The maximum absolute atomic E-state index is 6.21. The number of benzene rings is 1. The van der Waals surface area contributed by atoms with Crippen LogP contribution in [0.2, 0.25) is 5.02 Å². The number of halogens is 1. The number of anilines is 1. The lowest BCUT2D eigenvalue weighted by Crippen LogP contribution is -2.44. The molecule has 1 unspecified atom stereocenters. The van der Waals surface area contributed by atoms with Crippen LogP contribution in [-0.4, -0.2) is 59.9 Å². The molecule has 1 aliphatic heterocycles. The van der Waals surface area contributed by atoms with Crippen molar-refractivity contribution in [2.45, 2.75) is 25.8 Å². The van der Waals surface area contributed by atoms with Gasteiger partial charge in [-0.1, -0.05) is 17.7 Å². The molecule has 1 fully saturated rings. The predicted octanol–water partition coefficient (Wildman–Crippen LogP) is 2.77. The third-order valence-electron chi connectivity index (χ3n) is 5.34. The fourth-order valence-electron chi connectivity index (χ4n) is 3.85. The lowest BCUT2D eigenvalue weighted by molar-refractivity contribution is 0.415. The first kappa shape index (κ1) is 21.2. The topological polar surface area (TPSA) is 79.1 Å². The van der Waals surface area contributed by atoms with Gasteiger partial charge in [0.2, 0.25) is 0 Å². The number of hydrogen-bond acceptors (Lipinski definition) is 5. The third-order valence-corrected chi connectivity index (χ3v) is 5.58. The van der Waals surface area contributed by atoms with Crippen LogP contribution in [0.3, 0.4) is 0 Å². The van der Waals surface area contributed by atoms with E-state index in [1.165, 1.54) is 0 Å². The molecule has 1 saturated heterocycles. The molecule has 3 aromatic rings. The number of nitrogens with zero attached hydrogens (tertiary/aromatic N) is 5. The summed E-state index contributed by atoms with van der Waals surface area (Å²) in [5, 5.41) is 16.1. The molecule has 31 heavy (non-hydrogen) atoms. The van der Waals surface area contributed by atoms with Crippen molar-refractivity contribution in [2.24, 2.45) is 4.99 Å². The second-order valence-electron chi connectivity index (χ2n) is 7.45. The van der Waals surface area contributed by atoms with E-state index >= 15 is 0 Å². The molecule has 8 nitrogen and oxygen atoms in total. The van der Waals surface area contributed by atoms with Crippen molar-refractivity contribution in [3.8, 4) is 5.75 Å². The number of aliphatic imine (C=N–C) groups is 1. The average Bonchev–Trinajstić information content (AvgIpc) is 3.41. The van der Waals surface area contributed by atoms with Crippen molar-refractivity contribution >= 4 is 28.9 Å². The molecule has 3 heterocycles. The van der Waals surface area contributed by atoms with E-state index in [1.54, 1.807) is 7.11 Å². The van der Waals surface area contributed by atoms with Crippen molar-refractivity contribution < 1.29 is 4.74 Å². The Labute approximate surface area is 187 Å². The first-order chi connectivity index (χ1) is 15.2. The highest BCUT2D eigenvalue weighted by molar-refractivity contribution is 6.30. The van der Waals surface area contributed by atoms with E-state index in [9.17, 15) is 0 Å². The highest BCUT2D eigenvalue weighted by Crippen LogP contribution is 2.33. The van der Waals surface area contributed by atoms with Gasteiger partial charge < -0.3 is 20.3 Å². The molecular formula is C22H28ClN7O. The van der Waals surface area contributed by atoms with Crippen molar-refractivity contribution in [2.75, 3.05) is 38.2 Å². The monoisotopic (exact) mass is 441 g/mol. The highest BCUT2D eigenvalue weighted by atomic mass is 35.5. The Morgan fingerprint density at radius 1 is 1.29 bits per heavy atom. The van der Waals surface area contributed by atoms with E-state index < -0.39 is 0 Å². The first-order valence-electron chi connectivity index (χ1n) is 10.6. The standard InChI is InChI=1S/C22H28ClN7O/c1-3-24-22(25-11-9-21-28-27-20-6-4-5-12-30(20)21)26-17-10-13-29(15-17)18-14-16(23)7-8-19(18)31-2/h4-8,12,14,17H,3,9-11,13,15H2,1-2H3,(H2,24,25,26). The molecule has 2 aromatic heterocycles. The molecular weight excluding hydrogens is 414 g/mol.